The molecule has 1 fully saturated rings. The zero-order chi connectivity index (χ0) is 12.3. The largest absolute Gasteiger partial charge is 0.367 e. The van der Waals surface area contributed by atoms with Crippen molar-refractivity contribution < 1.29 is 8.78 Å². The maximum atomic E-state index is 13.4. The van der Waals surface area contributed by atoms with Gasteiger partial charge in [0.1, 0.15) is 5.82 Å². The van der Waals surface area contributed by atoms with Gasteiger partial charge in [-0.25, -0.2) is 13.8 Å². The molecular weight excluding hydrogens is 222 g/mol. The molecule has 0 aliphatic heterocycles. The molecule has 0 saturated heterocycles. The van der Waals surface area contributed by atoms with Crippen molar-refractivity contribution in [2.75, 3.05) is 11.9 Å². The molecule has 0 bridgehead atoms. The van der Waals surface area contributed by atoms with Crippen LogP contribution < -0.4 is 5.32 Å². The van der Waals surface area contributed by atoms with E-state index in [1.807, 2.05) is 0 Å². The third kappa shape index (κ3) is 2.73. The summed E-state index contributed by atoms with van der Waals surface area (Å²) >= 11 is 0. The maximum absolute atomic E-state index is 13.4. The molecule has 17 heavy (non-hydrogen) atoms. The van der Waals surface area contributed by atoms with Gasteiger partial charge in [0.2, 0.25) is 0 Å². The Hall–Kier alpha value is -1.19. The summed E-state index contributed by atoms with van der Waals surface area (Å²) in [5, 5.41) is 3.02. The fourth-order valence-electron chi connectivity index (χ4n) is 2.60. The molecule has 1 aliphatic carbocycles. The van der Waals surface area contributed by atoms with Crippen molar-refractivity contribution in [1.29, 1.82) is 0 Å². The first-order valence-corrected chi connectivity index (χ1v) is 6.20. The Morgan fingerprint density at radius 3 is 2.65 bits per heavy atom. The first-order valence-electron chi connectivity index (χ1n) is 6.20. The zero-order valence-corrected chi connectivity index (χ0v) is 10.1. The quantitative estimate of drug-likeness (QED) is 0.867. The van der Waals surface area contributed by atoms with Gasteiger partial charge in [0.05, 0.1) is 6.20 Å². The average molecular weight is 240 g/mol. The lowest BCUT2D eigenvalue weighted by Crippen LogP contribution is -2.26. The van der Waals surface area contributed by atoms with Crippen molar-refractivity contribution in [1.82, 2.24) is 4.98 Å². The molecule has 1 N–H and O–H groups in total. The summed E-state index contributed by atoms with van der Waals surface area (Å²) in [4.78, 5) is 3.74. The molecule has 0 unspecified atom stereocenters. The number of hydrogen-bond acceptors (Lipinski definition) is 2. The minimum Gasteiger partial charge on any atom is -0.367 e. The van der Waals surface area contributed by atoms with Crippen LogP contribution in [0.2, 0.25) is 0 Å². The van der Waals surface area contributed by atoms with Crippen LogP contribution >= 0.6 is 0 Å². The Labute approximate surface area is 100 Å². The van der Waals surface area contributed by atoms with Gasteiger partial charge in [0.15, 0.2) is 11.6 Å². The van der Waals surface area contributed by atoms with Crippen molar-refractivity contribution >= 4 is 5.82 Å². The summed E-state index contributed by atoms with van der Waals surface area (Å²) in [6, 6.07) is 0.864. The van der Waals surface area contributed by atoms with E-state index in [1.54, 1.807) is 0 Å². The predicted octanol–water partition coefficient (Wildman–Crippen LogP) is 3.74. The van der Waals surface area contributed by atoms with Crippen LogP contribution in [0.4, 0.5) is 14.6 Å². The summed E-state index contributed by atoms with van der Waals surface area (Å²) < 4.78 is 26.1. The second-order valence-electron chi connectivity index (χ2n) is 4.90. The molecule has 1 saturated carbocycles. The SMILES string of the molecule is CCC1(CNc2ncc(F)cc2F)CCCC1. The van der Waals surface area contributed by atoms with Gasteiger partial charge in [-0.1, -0.05) is 19.8 Å². The van der Waals surface area contributed by atoms with Gasteiger partial charge in [-0.05, 0) is 24.7 Å². The van der Waals surface area contributed by atoms with E-state index < -0.39 is 11.6 Å². The van der Waals surface area contributed by atoms with E-state index in [4.69, 9.17) is 0 Å². The van der Waals surface area contributed by atoms with Crippen LogP contribution in [0.3, 0.4) is 0 Å². The van der Waals surface area contributed by atoms with Crippen LogP contribution in [0.15, 0.2) is 12.3 Å². The molecule has 0 atom stereocenters. The number of nitrogens with one attached hydrogen (secondary N) is 1. The van der Waals surface area contributed by atoms with E-state index in [-0.39, 0.29) is 11.2 Å². The lowest BCUT2D eigenvalue weighted by Gasteiger charge is -2.27. The number of rotatable bonds is 4. The van der Waals surface area contributed by atoms with Crippen molar-refractivity contribution in [3.63, 3.8) is 0 Å². The van der Waals surface area contributed by atoms with Crippen molar-refractivity contribution in [3.05, 3.63) is 23.9 Å². The number of anilines is 1. The number of pyridine rings is 1. The molecule has 2 rings (SSSR count). The highest BCUT2D eigenvalue weighted by Crippen LogP contribution is 2.40. The highest BCUT2D eigenvalue weighted by Gasteiger charge is 2.31. The van der Waals surface area contributed by atoms with Crippen molar-refractivity contribution in [2.45, 2.75) is 39.0 Å². The Bertz CT molecular complexity index is 387. The second kappa shape index (κ2) is 4.98. The van der Waals surface area contributed by atoms with Gasteiger partial charge in [0, 0.05) is 12.6 Å². The van der Waals surface area contributed by atoms with Crippen molar-refractivity contribution in [2.24, 2.45) is 5.41 Å². The number of hydrogen-bond donors (Lipinski definition) is 1. The van der Waals surface area contributed by atoms with Gasteiger partial charge in [-0.3, -0.25) is 0 Å². The summed E-state index contributed by atoms with van der Waals surface area (Å²) in [5.74, 6) is -1.10. The van der Waals surface area contributed by atoms with E-state index in [9.17, 15) is 8.78 Å². The first-order chi connectivity index (χ1) is 8.15. The Morgan fingerprint density at radius 2 is 2.06 bits per heavy atom. The van der Waals surface area contributed by atoms with E-state index in [1.165, 1.54) is 25.7 Å². The molecule has 94 valence electrons. The second-order valence-corrected chi connectivity index (χ2v) is 4.90. The highest BCUT2D eigenvalue weighted by atomic mass is 19.1. The lowest BCUT2D eigenvalue weighted by molar-refractivity contribution is 0.306. The van der Waals surface area contributed by atoms with Gasteiger partial charge in [0.25, 0.3) is 0 Å². The predicted molar refractivity (Wildman–Crippen MR) is 63.8 cm³/mol. The summed E-state index contributed by atoms with van der Waals surface area (Å²) in [6.45, 7) is 2.89. The van der Waals surface area contributed by atoms with E-state index >= 15 is 0 Å². The Balaban J connectivity index is 2.01. The first kappa shape index (κ1) is 12.3. The lowest BCUT2D eigenvalue weighted by atomic mass is 9.83. The highest BCUT2D eigenvalue weighted by molar-refractivity contribution is 5.36. The molecule has 0 amide bonds. The molecule has 1 aliphatic rings. The molecule has 1 aromatic rings. The standard InChI is InChI=1S/C13H18F2N2/c1-2-13(5-3-4-6-13)9-17-12-11(15)7-10(14)8-16-12/h7-8H,2-6,9H2,1H3,(H,16,17). The van der Waals surface area contributed by atoms with E-state index in [0.29, 0.717) is 0 Å². The zero-order valence-electron chi connectivity index (χ0n) is 10.1. The van der Waals surface area contributed by atoms with Crippen LogP contribution in [0.25, 0.3) is 0 Å². The minimum absolute atomic E-state index is 0.158. The maximum Gasteiger partial charge on any atom is 0.168 e. The molecule has 0 aromatic carbocycles. The third-order valence-corrected chi connectivity index (χ3v) is 3.85. The van der Waals surface area contributed by atoms with Crippen LogP contribution in [0, 0.1) is 17.0 Å². The van der Waals surface area contributed by atoms with Gasteiger partial charge >= 0.3 is 0 Å². The average Bonchev–Trinajstić information content (AvgIpc) is 2.77. The summed E-state index contributed by atoms with van der Waals surface area (Å²) in [7, 11) is 0. The minimum atomic E-state index is -0.640. The van der Waals surface area contributed by atoms with Crippen LogP contribution in [0.5, 0.6) is 0 Å². The molecule has 2 nitrogen and oxygen atoms in total. The molecule has 4 heteroatoms. The van der Waals surface area contributed by atoms with Gasteiger partial charge in [-0.15, -0.1) is 0 Å². The van der Waals surface area contributed by atoms with Crippen molar-refractivity contribution in [3.8, 4) is 0 Å². The van der Waals surface area contributed by atoms with Gasteiger partial charge in [-0.2, -0.15) is 0 Å². The topological polar surface area (TPSA) is 24.9 Å². The number of aromatic nitrogens is 1. The van der Waals surface area contributed by atoms with E-state index in [2.05, 4.69) is 17.2 Å². The number of nitrogens with zero attached hydrogens (tertiary/aromatic N) is 1. The molecule has 1 heterocycles. The van der Waals surface area contributed by atoms with Gasteiger partial charge < -0.3 is 5.32 Å². The van der Waals surface area contributed by atoms with Crippen LogP contribution in [-0.4, -0.2) is 11.5 Å². The third-order valence-electron chi connectivity index (χ3n) is 3.85. The summed E-state index contributed by atoms with van der Waals surface area (Å²) in [5.41, 5.74) is 0.266. The fraction of sp³-hybridized carbons (Fsp3) is 0.615. The fourth-order valence-corrected chi connectivity index (χ4v) is 2.60. The normalized spacial score (nSPS) is 18.3. The summed E-state index contributed by atoms with van der Waals surface area (Å²) in [6.07, 6.45) is 6.98. The Kier molecular flexibility index (Phi) is 3.60. The number of halogens is 2. The molecule has 1 aromatic heterocycles. The van der Waals surface area contributed by atoms with E-state index in [0.717, 1.165) is 25.2 Å². The van der Waals surface area contributed by atoms with Crippen LogP contribution in [-0.2, 0) is 0 Å². The molecule has 0 radical (unpaired) electrons. The molecular formula is C13H18F2N2. The molecule has 0 spiro atoms. The smallest absolute Gasteiger partial charge is 0.168 e. The Morgan fingerprint density at radius 1 is 1.35 bits per heavy atom. The van der Waals surface area contributed by atoms with Crippen LogP contribution in [0.1, 0.15) is 39.0 Å². The monoisotopic (exact) mass is 240 g/mol.